The van der Waals surface area contributed by atoms with Crippen molar-refractivity contribution in [2.75, 3.05) is 20.8 Å². The summed E-state index contributed by atoms with van der Waals surface area (Å²) in [6.45, 7) is 3.50. The van der Waals surface area contributed by atoms with Crippen LogP contribution in [-0.2, 0) is 11.8 Å². The summed E-state index contributed by atoms with van der Waals surface area (Å²) in [7, 11) is 4.61. The van der Waals surface area contributed by atoms with Gasteiger partial charge in [-0.2, -0.15) is 0 Å². The van der Waals surface area contributed by atoms with Gasteiger partial charge in [0.2, 0.25) is 0 Å². The van der Waals surface area contributed by atoms with E-state index in [1.165, 1.54) is 7.11 Å². The van der Waals surface area contributed by atoms with E-state index >= 15 is 0 Å². The number of benzene rings is 1. The van der Waals surface area contributed by atoms with Gasteiger partial charge in [0, 0.05) is 29.9 Å². The topological polar surface area (TPSA) is 77.8 Å². The van der Waals surface area contributed by atoms with Crippen LogP contribution in [-0.4, -0.2) is 53.9 Å². The zero-order chi connectivity index (χ0) is 21.3. The molecule has 7 heteroatoms. The lowest BCUT2D eigenvalue weighted by Crippen LogP contribution is -2.37. The van der Waals surface area contributed by atoms with Crippen LogP contribution in [0.2, 0.25) is 0 Å². The molecule has 1 aromatic heterocycles. The van der Waals surface area contributed by atoms with Crippen molar-refractivity contribution in [1.82, 2.24) is 9.47 Å². The number of nitrogens with zero attached hydrogens (tertiary/aromatic N) is 2. The fraction of sp³-hybridized carbons (Fsp3) is 0.409. The highest BCUT2D eigenvalue weighted by Gasteiger charge is 2.36. The first kappa shape index (κ1) is 20.6. The summed E-state index contributed by atoms with van der Waals surface area (Å²) in [6, 6.07) is 6.94. The molecule has 3 rings (SSSR count). The average Bonchev–Trinajstić information content (AvgIpc) is 3.53. The number of hydrogen-bond donors (Lipinski definition) is 0. The van der Waals surface area contributed by atoms with Crippen LogP contribution in [0, 0.1) is 13.8 Å². The van der Waals surface area contributed by atoms with E-state index in [1.54, 1.807) is 61.7 Å². The highest BCUT2D eigenvalue weighted by Crippen LogP contribution is 2.30. The number of hydrogen-bond acceptors (Lipinski definition) is 5. The van der Waals surface area contributed by atoms with Gasteiger partial charge < -0.3 is 18.9 Å². The first-order valence-corrected chi connectivity index (χ1v) is 9.52. The first-order valence-electron chi connectivity index (χ1n) is 9.52. The van der Waals surface area contributed by atoms with Gasteiger partial charge in [-0.05, 0) is 56.5 Å². The molecule has 154 valence electrons. The van der Waals surface area contributed by atoms with Crippen molar-refractivity contribution in [2.45, 2.75) is 32.7 Å². The van der Waals surface area contributed by atoms with Crippen LogP contribution in [0.25, 0.3) is 0 Å². The SMILES string of the molecule is COC(=O)c1c(C)c(C(=O)CN(C(=O)c2ccc(OC)cc2)C2CC2)c(C)n1C. The van der Waals surface area contributed by atoms with Crippen molar-refractivity contribution < 1.29 is 23.9 Å². The fourth-order valence-corrected chi connectivity index (χ4v) is 3.66. The van der Waals surface area contributed by atoms with Crippen molar-refractivity contribution >= 4 is 17.7 Å². The molecule has 0 N–H and O–H groups in total. The Labute approximate surface area is 170 Å². The van der Waals surface area contributed by atoms with E-state index in [9.17, 15) is 14.4 Å². The summed E-state index contributed by atoms with van der Waals surface area (Å²) in [5, 5.41) is 0. The number of rotatable bonds is 7. The number of amides is 1. The molecule has 1 saturated carbocycles. The van der Waals surface area contributed by atoms with E-state index in [-0.39, 0.29) is 24.3 Å². The molecule has 1 aromatic carbocycles. The summed E-state index contributed by atoms with van der Waals surface area (Å²) in [5.74, 6) is -0.176. The fourth-order valence-electron chi connectivity index (χ4n) is 3.66. The second-order valence-corrected chi connectivity index (χ2v) is 7.30. The van der Waals surface area contributed by atoms with Gasteiger partial charge in [-0.25, -0.2) is 4.79 Å². The van der Waals surface area contributed by atoms with E-state index < -0.39 is 5.97 Å². The van der Waals surface area contributed by atoms with Crippen LogP contribution >= 0.6 is 0 Å². The Morgan fingerprint density at radius 2 is 1.72 bits per heavy atom. The van der Waals surface area contributed by atoms with Gasteiger partial charge in [0.15, 0.2) is 5.78 Å². The molecule has 1 aliphatic rings. The van der Waals surface area contributed by atoms with Crippen LogP contribution in [0.5, 0.6) is 5.75 Å². The van der Waals surface area contributed by atoms with Crippen molar-refractivity contribution in [1.29, 1.82) is 0 Å². The largest absolute Gasteiger partial charge is 0.497 e. The molecule has 2 aromatic rings. The van der Waals surface area contributed by atoms with Crippen LogP contribution in [0.1, 0.15) is 55.3 Å². The van der Waals surface area contributed by atoms with Crippen LogP contribution in [0.3, 0.4) is 0 Å². The molecule has 0 unspecified atom stereocenters. The molecule has 29 heavy (non-hydrogen) atoms. The molecule has 1 amide bonds. The molecule has 1 fully saturated rings. The molecule has 0 bridgehead atoms. The minimum Gasteiger partial charge on any atom is -0.497 e. The Morgan fingerprint density at radius 1 is 1.10 bits per heavy atom. The Kier molecular flexibility index (Phi) is 5.77. The van der Waals surface area contributed by atoms with Gasteiger partial charge >= 0.3 is 5.97 Å². The Hall–Kier alpha value is -3.09. The van der Waals surface area contributed by atoms with Gasteiger partial charge in [-0.15, -0.1) is 0 Å². The second kappa shape index (κ2) is 8.11. The standard InChI is InChI=1S/C22H26N2O5/c1-13-19(14(2)23(3)20(13)22(27)29-5)18(25)12-24(16-8-9-16)21(26)15-6-10-17(28-4)11-7-15/h6-7,10-11,16H,8-9,12H2,1-5H3. The predicted octanol–water partition coefficient (Wildman–Crippen LogP) is 2.92. The molecule has 0 saturated heterocycles. The third-order valence-corrected chi connectivity index (χ3v) is 5.49. The number of carbonyl (C=O) groups is 3. The van der Waals surface area contributed by atoms with Crippen LogP contribution < -0.4 is 4.74 Å². The summed E-state index contributed by atoms with van der Waals surface area (Å²) in [4.78, 5) is 39.9. The van der Waals surface area contributed by atoms with Gasteiger partial charge in [0.25, 0.3) is 5.91 Å². The van der Waals surface area contributed by atoms with E-state index in [0.717, 1.165) is 12.8 Å². The molecular weight excluding hydrogens is 372 g/mol. The second-order valence-electron chi connectivity index (χ2n) is 7.30. The van der Waals surface area contributed by atoms with E-state index in [4.69, 9.17) is 9.47 Å². The maximum absolute atomic E-state index is 13.2. The van der Waals surface area contributed by atoms with Crippen molar-refractivity contribution in [3.63, 3.8) is 0 Å². The molecule has 0 atom stereocenters. The van der Waals surface area contributed by atoms with E-state index in [2.05, 4.69) is 0 Å². The lowest BCUT2D eigenvalue weighted by Gasteiger charge is -2.22. The van der Waals surface area contributed by atoms with Crippen molar-refractivity contribution in [3.8, 4) is 5.75 Å². The van der Waals surface area contributed by atoms with Gasteiger partial charge in [0.1, 0.15) is 11.4 Å². The molecule has 1 aliphatic carbocycles. The molecule has 1 heterocycles. The number of ether oxygens (including phenoxy) is 2. The minimum absolute atomic E-state index is 0.0260. The minimum atomic E-state index is -0.486. The number of carbonyl (C=O) groups excluding carboxylic acids is 3. The smallest absolute Gasteiger partial charge is 0.354 e. The van der Waals surface area contributed by atoms with Crippen LogP contribution in [0.4, 0.5) is 0 Å². The van der Waals surface area contributed by atoms with Crippen LogP contribution in [0.15, 0.2) is 24.3 Å². The van der Waals surface area contributed by atoms with E-state index in [1.807, 2.05) is 0 Å². The zero-order valence-electron chi connectivity index (χ0n) is 17.4. The number of aromatic nitrogens is 1. The number of ketones is 1. The third-order valence-electron chi connectivity index (χ3n) is 5.49. The number of methoxy groups -OCH3 is 2. The normalized spacial score (nSPS) is 13.1. The monoisotopic (exact) mass is 398 g/mol. The van der Waals surface area contributed by atoms with Gasteiger partial charge in [0.05, 0.1) is 20.8 Å². The summed E-state index contributed by atoms with van der Waals surface area (Å²) >= 11 is 0. The van der Waals surface area contributed by atoms with Gasteiger partial charge in [-0.3, -0.25) is 9.59 Å². The predicted molar refractivity (Wildman–Crippen MR) is 108 cm³/mol. The Balaban J connectivity index is 1.87. The molecule has 0 spiro atoms. The lowest BCUT2D eigenvalue weighted by molar-refractivity contribution is 0.0588. The summed E-state index contributed by atoms with van der Waals surface area (Å²) in [6.07, 6.45) is 1.77. The molecule has 0 aliphatic heterocycles. The van der Waals surface area contributed by atoms with Crippen molar-refractivity contribution in [3.05, 3.63) is 52.3 Å². The highest BCUT2D eigenvalue weighted by molar-refractivity contribution is 6.06. The summed E-state index contributed by atoms with van der Waals surface area (Å²) in [5.41, 5.74) is 2.60. The maximum atomic E-state index is 13.2. The summed E-state index contributed by atoms with van der Waals surface area (Å²) < 4.78 is 11.7. The number of esters is 1. The maximum Gasteiger partial charge on any atom is 0.354 e. The zero-order valence-corrected chi connectivity index (χ0v) is 17.4. The Morgan fingerprint density at radius 3 is 2.24 bits per heavy atom. The molecule has 0 radical (unpaired) electrons. The molecular formula is C22H26N2O5. The van der Waals surface area contributed by atoms with E-state index in [0.29, 0.717) is 33.8 Å². The quantitative estimate of drug-likeness (QED) is 0.529. The lowest BCUT2D eigenvalue weighted by atomic mass is 10.0. The average molecular weight is 398 g/mol. The first-order chi connectivity index (χ1) is 13.8. The number of Topliss-reactive ketones (excluding diaryl/α,β-unsaturated/α-hetero) is 1. The van der Waals surface area contributed by atoms with Crippen molar-refractivity contribution in [2.24, 2.45) is 7.05 Å². The molecule has 7 nitrogen and oxygen atoms in total. The third kappa shape index (κ3) is 3.90. The highest BCUT2D eigenvalue weighted by atomic mass is 16.5. The Bertz CT molecular complexity index is 955. The van der Waals surface area contributed by atoms with Gasteiger partial charge in [-0.1, -0.05) is 0 Å².